The molecule has 1 heterocycles. The van der Waals surface area contributed by atoms with Crippen LogP contribution in [0, 0.1) is 5.82 Å². The predicted molar refractivity (Wildman–Crippen MR) is 72.2 cm³/mol. The van der Waals surface area contributed by atoms with E-state index in [4.69, 9.17) is 11.6 Å². The van der Waals surface area contributed by atoms with Crippen molar-refractivity contribution in [1.29, 1.82) is 0 Å². The Balaban J connectivity index is 2.05. The van der Waals surface area contributed by atoms with Crippen LogP contribution in [0.4, 0.5) is 4.39 Å². The van der Waals surface area contributed by atoms with Crippen molar-refractivity contribution in [3.8, 4) is 0 Å². The van der Waals surface area contributed by atoms with Gasteiger partial charge in [0.15, 0.2) is 0 Å². The third-order valence-electron chi connectivity index (χ3n) is 3.12. The van der Waals surface area contributed by atoms with Gasteiger partial charge in [0.1, 0.15) is 10.7 Å². The maximum Gasteiger partial charge on any atom is 0.242 e. The number of piperidine rings is 1. The average molecular weight is 307 g/mol. The molecule has 1 fully saturated rings. The number of hydrogen-bond acceptors (Lipinski definition) is 3. The van der Waals surface area contributed by atoms with Crippen LogP contribution in [0.25, 0.3) is 0 Å². The molecule has 0 bridgehead atoms. The van der Waals surface area contributed by atoms with Crippen LogP contribution >= 0.6 is 11.6 Å². The fourth-order valence-electron chi connectivity index (χ4n) is 2.08. The first-order valence-corrected chi connectivity index (χ1v) is 8.03. The highest BCUT2D eigenvalue weighted by Crippen LogP contribution is 2.22. The van der Waals surface area contributed by atoms with Gasteiger partial charge in [0.2, 0.25) is 10.0 Å². The summed E-state index contributed by atoms with van der Waals surface area (Å²) in [4.78, 5) is -0.0913. The molecule has 0 spiro atoms. The maximum atomic E-state index is 12.9. The normalized spacial score (nSPS) is 20.4. The van der Waals surface area contributed by atoms with Crippen LogP contribution in [0.5, 0.6) is 0 Å². The monoisotopic (exact) mass is 306 g/mol. The van der Waals surface area contributed by atoms with Crippen molar-refractivity contribution in [2.75, 3.05) is 13.1 Å². The molecule has 2 N–H and O–H groups in total. The smallest absolute Gasteiger partial charge is 0.242 e. The van der Waals surface area contributed by atoms with Crippen LogP contribution in [0.2, 0.25) is 5.02 Å². The van der Waals surface area contributed by atoms with Crippen molar-refractivity contribution in [3.05, 3.63) is 29.0 Å². The van der Waals surface area contributed by atoms with Crippen molar-refractivity contribution < 1.29 is 12.8 Å². The van der Waals surface area contributed by atoms with Gasteiger partial charge >= 0.3 is 0 Å². The van der Waals surface area contributed by atoms with Gasteiger partial charge in [0, 0.05) is 12.6 Å². The SMILES string of the molecule is O=S(=O)(NC[C@@H]1CCCCN1)c1ccc(F)cc1Cl. The molecule has 1 atom stereocenters. The van der Waals surface area contributed by atoms with Crippen LogP contribution in [-0.2, 0) is 10.0 Å². The average Bonchev–Trinajstić information content (AvgIpc) is 2.37. The Morgan fingerprint density at radius 3 is 2.84 bits per heavy atom. The Labute approximate surface area is 117 Å². The van der Waals surface area contributed by atoms with Crippen molar-refractivity contribution >= 4 is 21.6 Å². The molecule has 0 amide bonds. The molecular weight excluding hydrogens is 291 g/mol. The summed E-state index contributed by atoms with van der Waals surface area (Å²) in [6.45, 7) is 1.22. The Kier molecular flexibility index (Phi) is 4.78. The van der Waals surface area contributed by atoms with Crippen molar-refractivity contribution in [1.82, 2.24) is 10.0 Å². The molecule has 19 heavy (non-hydrogen) atoms. The summed E-state index contributed by atoms with van der Waals surface area (Å²) in [6, 6.07) is 3.39. The largest absolute Gasteiger partial charge is 0.313 e. The Morgan fingerprint density at radius 1 is 1.42 bits per heavy atom. The van der Waals surface area contributed by atoms with E-state index in [1.165, 1.54) is 6.07 Å². The Bertz CT molecular complexity index is 545. The molecule has 1 aliphatic rings. The lowest BCUT2D eigenvalue weighted by Crippen LogP contribution is -2.43. The molecule has 4 nitrogen and oxygen atoms in total. The molecular formula is C12H16ClFN2O2S. The zero-order chi connectivity index (χ0) is 13.9. The highest BCUT2D eigenvalue weighted by Gasteiger charge is 2.20. The number of nitrogens with one attached hydrogen (secondary N) is 2. The van der Waals surface area contributed by atoms with E-state index in [1.807, 2.05) is 0 Å². The second-order valence-electron chi connectivity index (χ2n) is 4.57. The van der Waals surface area contributed by atoms with Gasteiger partial charge in [-0.1, -0.05) is 18.0 Å². The summed E-state index contributed by atoms with van der Waals surface area (Å²) < 4.78 is 39.5. The molecule has 106 valence electrons. The predicted octanol–water partition coefficient (Wildman–Crippen LogP) is 1.90. The molecule has 0 aromatic heterocycles. The number of halogens is 2. The van der Waals surface area contributed by atoms with E-state index in [1.54, 1.807) is 0 Å². The fourth-order valence-corrected chi connectivity index (χ4v) is 3.69. The quantitative estimate of drug-likeness (QED) is 0.893. The van der Waals surface area contributed by atoms with Gasteiger partial charge in [-0.25, -0.2) is 17.5 Å². The number of hydrogen-bond donors (Lipinski definition) is 2. The topological polar surface area (TPSA) is 58.2 Å². The van der Waals surface area contributed by atoms with Gasteiger partial charge in [-0.2, -0.15) is 0 Å². The van der Waals surface area contributed by atoms with Gasteiger partial charge in [0.05, 0.1) is 5.02 Å². The first kappa shape index (κ1) is 14.7. The van der Waals surface area contributed by atoms with Crippen LogP contribution in [-0.4, -0.2) is 27.5 Å². The molecule has 1 saturated heterocycles. The molecule has 1 aliphatic heterocycles. The van der Waals surface area contributed by atoms with Crippen LogP contribution < -0.4 is 10.0 Å². The molecule has 2 rings (SSSR count). The summed E-state index contributed by atoms with van der Waals surface area (Å²) in [6.07, 6.45) is 3.16. The van der Waals surface area contributed by atoms with Crippen LogP contribution in [0.3, 0.4) is 0 Å². The summed E-state index contributed by atoms with van der Waals surface area (Å²) in [5.41, 5.74) is 0. The molecule has 0 unspecified atom stereocenters. The fraction of sp³-hybridized carbons (Fsp3) is 0.500. The van der Waals surface area contributed by atoms with Gasteiger partial charge in [-0.15, -0.1) is 0 Å². The van der Waals surface area contributed by atoms with Gasteiger partial charge in [-0.05, 0) is 37.6 Å². The highest BCUT2D eigenvalue weighted by atomic mass is 35.5. The number of rotatable bonds is 4. The standard InChI is InChI=1S/C12H16ClFN2O2S/c13-11-7-9(14)4-5-12(11)19(17,18)16-8-10-3-1-2-6-15-10/h4-5,7,10,15-16H,1-3,6,8H2/t10-/m0/s1. The van der Waals surface area contributed by atoms with Crippen molar-refractivity contribution in [2.45, 2.75) is 30.2 Å². The third kappa shape index (κ3) is 3.89. The van der Waals surface area contributed by atoms with Gasteiger partial charge in [-0.3, -0.25) is 0 Å². The van der Waals surface area contributed by atoms with E-state index in [9.17, 15) is 12.8 Å². The van der Waals surface area contributed by atoms with E-state index < -0.39 is 15.8 Å². The summed E-state index contributed by atoms with van der Waals surface area (Å²) >= 11 is 5.76. The van der Waals surface area contributed by atoms with E-state index >= 15 is 0 Å². The summed E-state index contributed by atoms with van der Waals surface area (Å²) in [7, 11) is -3.70. The minimum Gasteiger partial charge on any atom is -0.313 e. The van der Waals surface area contributed by atoms with Crippen LogP contribution in [0.1, 0.15) is 19.3 Å². The lowest BCUT2D eigenvalue weighted by Gasteiger charge is -2.23. The molecule has 7 heteroatoms. The Morgan fingerprint density at radius 2 is 2.21 bits per heavy atom. The van der Waals surface area contributed by atoms with E-state index in [2.05, 4.69) is 10.0 Å². The van der Waals surface area contributed by atoms with Gasteiger partial charge in [0.25, 0.3) is 0 Å². The molecule has 0 aliphatic carbocycles. The minimum absolute atomic E-state index is 0.0913. The molecule has 0 saturated carbocycles. The number of benzene rings is 1. The van der Waals surface area contributed by atoms with Crippen LogP contribution in [0.15, 0.2) is 23.1 Å². The van der Waals surface area contributed by atoms with Gasteiger partial charge < -0.3 is 5.32 Å². The molecule has 0 radical (unpaired) electrons. The first-order valence-electron chi connectivity index (χ1n) is 6.17. The third-order valence-corrected chi connectivity index (χ3v) is 5.02. The van der Waals surface area contributed by atoms with E-state index in [0.29, 0.717) is 6.54 Å². The second-order valence-corrected chi connectivity index (χ2v) is 6.72. The van der Waals surface area contributed by atoms with Crippen molar-refractivity contribution in [3.63, 3.8) is 0 Å². The van der Waals surface area contributed by atoms with E-state index in [-0.39, 0.29) is 16.0 Å². The molecule has 1 aromatic carbocycles. The zero-order valence-corrected chi connectivity index (χ0v) is 11.9. The maximum absolute atomic E-state index is 12.9. The summed E-state index contributed by atoms with van der Waals surface area (Å²) in [5, 5.41) is 3.14. The minimum atomic E-state index is -3.70. The van der Waals surface area contributed by atoms with E-state index in [0.717, 1.165) is 37.9 Å². The second kappa shape index (κ2) is 6.17. The lowest BCUT2D eigenvalue weighted by molar-refractivity contribution is 0.398. The van der Waals surface area contributed by atoms with Crippen molar-refractivity contribution in [2.24, 2.45) is 0 Å². The zero-order valence-electron chi connectivity index (χ0n) is 10.3. The molecule has 1 aromatic rings. The Hall–Kier alpha value is -0.690. The first-order chi connectivity index (χ1) is 8.99. The summed E-state index contributed by atoms with van der Waals surface area (Å²) in [5.74, 6) is -0.558. The lowest BCUT2D eigenvalue weighted by atomic mass is 10.1. The highest BCUT2D eigenvalue weighted by molar-refractivity contribution is 7.89. The number of sulfonamides is 1.